The predicted molar refractivity (Wildman–Crippen MR) is 117 cm³/mol. The minimum atomic E-state index is -1.26. The quantitative estimate of drug-likeness (QED) is 0.600. The van der Waals surface area contributed by atoms with Gasteiger partial charge in [-0.15, -0.1) is 0 Å². The fourth-order valence-corrected chi connectivity index (χ4v) is 3.82. The smallest absolute Gasteiger partial charge is 0.408 e. The van der Waals surface area contributed by atoms with Crippen LogP contribution in [0.2, 0.25) is 0 Å². The average Bonchev–Trinajstić information content (AvgIpc) is 3.05. The van der Waals surface area contributed by atoms with E-state index in [1.807, 2.05) is 36.4 Å². The zero-order chi connectivity index (χ0) is 22.6. The number of hydrogen-bond acceptors (Lipinski definition) is 4. The Labute approximate surface area is 181 Å². The van der Waals surface area contributed by atoms with Crippen molar-refractivity contribution in [1.29, 1.82) is 0 Å². The summed E-state index contributed by atoms with van der Waals surface area (Å²) in [7, 11) is 0. The maximum absolute atomic E-state index is 12.6. The van der Waals surface area contributed by atoms with Crippen LogP contribution in [0, 0.1) is 0 Å². The maximum atomic E-state index is 12.6. The van der Waals surface area contributed by atoms with Crippen molar-refractivity contribution >= 4 is 18.0 Å². The second-order valence-electron chi connectivity index (χ2n) is 8.25. The van der Waals surface area contributed by atoms with Crippen molar-refractivity contribution < 1.29 is 24.2 Å². The molecule has 1 aliphatic carbocycles. The number of fused-ring (bicyclic) bond motifs is 3. The van der Waals surface area contributed by atoms with Crippen molar-refractivity contribution in [3.05, 3.63) is 59.7 Å². The molecule has 0 aliphatic heterocycles. The number of carbonyl (C=O) groups is 3. The van der Waals surface area contributed by atoms with E-state index in [1.165, 1.54) is 0 Å². The van der Waals surface area contributed by atoms with Gasteiger partial charge in [0.1, 0.15) is 12.1 Å². The van der Waals surface area contributed by atoms with Gasteiger partial charge in [0.2, 0.25) is 5.91 Å². The third kappa shape index (κ3) is 5.05. The highest BCUT2D eigenvalue weighted by Gasteiger charge is 2.33. The third-order valence-electron chi connectivity index (χ3n) is 5.57. The fourth-order valence-electron chi connectivity index (χ4n) is 3.82. The van der Waals surface area contributed by atoms with Crippen molar-refractivity contribution in [2.45, 2.75) is 51.1 Å². The first-order valence-corrected chi connectivity index (χ1v) is 10.4. The molecule has 0 heterocycles. The Kier molecular flexibility index (Phi) is 6.63. The van der Waals surface area contributed by atoms with Crippen molar-refractivity contribution in [2.24, 2.45) is 0 Å². The molecule has 2 aromatic rings. The van der Waals surface area contributed by atoms with Crippen LogP contribution in [0.1, 0.15) is 50.7 Å². The molecular formula is C24H28N2O5. The molecule has 3 rings (SSSR count). The average molecular weight is 424 g/mol. The zero-order valence-corrected chi connectivity index (χ0v) is 18.0. The van der Waals surface area contributed by atoms with E-state index in [2.05, 4.69) is 22.8 Å². The van der Waals surface area contributed by atoms with Crippen LogP contribution in [0.25, 0.3) is 11.1 Å². The lowest BCUT2D eigenvalue weighted by Crippen LogP contribution is -2.57. The number of rotatable bonds is 8. The summed E-state index contributed by atoms with van der Waals surface area (Å²) in [5.74, 6) is -1.53. The van der Waals surface area contributed by atoms with Gasteiger partial charge in [0.05, 0.1) is 6.42 Å². The lowest BCUT2D eigenvalue weighted by molar-refractivity contribution is -0.138. The van der Waals surface area contributed by atoms with Crippen molar-refractivity contribution in [1.82, 2.24) is 10.6 Å². The van der Waals surface area contributed by atoms with Crippen molar-refractivity contribution in [3.8, 4) is 11.1 Å². The van der Waals surface area contributed by atoms with Crippen molar-refractivity contribution in [2.75, 3.05) is 6.61 Å². The number of carboxylic acids is 1. The monoisotopic (exact) mass is 424 g/mol. The summed E-state index contributed by atoms with van der Waals surface area (Å²) >= 11 is 0. The van der Waals surface area contributed by atoms with Crippen LogP contribution < -0.4 is 10.6 Å². The lowest BCUT2D eigenvalue weighted by Gasteiger charge is -2.27. The van der Waals surface area contributed by atoms with Crippen LogP contribution in [0.3, 0.4) is 0 Å². The van der Waals surface area contributed by atoms with Gasteiger partial charge in [0.25, 0.3) is 0 Å². The van der Waals surface area contributed by atoms with Gasteiger partial charge in [-0.05, 0) is 42.5 Å². The molecule has 164 valence electrons. The molecule has 2 amide bonds. The maximum Gasteiger partial charge on any atom is 0.408 e. The molecule has 7 nitrogen and oxygen atoms in total. The molecule has 3 N–H and O–H groups in total. The highest BCUT2D eigenvalue weighted by molar-refractivity contribution is 5.89. The Morgan fingerprint density at radius 1 is 1.03 bits per heavy atom. The normalized spacial score (nSPS) is 13.6. The molecule has 0 saturated carbocycles. The van der Waals surface area contributed by atoms with Gasteiger partial charge in [-0.25, -0.2) is 4.79 Å². The van der Waals surface area contributed by atoms with Crippen LogP contribution in [-0.4, -0.2) is 41.3 Å². The molecule has 31 heavy (non-hydrogen) atoms. The van der Waals surface area contributed by atoms with Crippen LogP contribution in [0.5, 0.6) is 0 Å². The molecule has 0 bridgehead atoms. The Bertz CT molecular complexity index is 940. The summed E-state index contributed by atoms with van der Waals surface area (Å²) in [6.45, 7) is 5.04. The summed E-state index contributed by atoms with van der Waals surface area (Å²) in [6, 6.07) is 15.6. The van der Waals surface area contributed by atoms with Gasteiger partial charge in [-0.2, -0.15) is 0 Å². The molecule has 0 saturated heterocycles. The van der Waals surface area contributed by atoms with Gasteiger partial charge in [-0.1, -0.05) is 55.5 Å². The van der Waals surface area contributed by atoms with E-state index < -0.39 is 29.6 Å². The van der Waals surface area contributed by atoms with E-state index in [1.54, 1.807) is 20.8 Å². The predicted octanol–water partition coefficient (Wildman–Crippen LogP) is 3.67. The number of nitrogens with one attached hydrogen (secondary N) is 2. The van der Waals surface area contributed by atoms with Gasteiger partial charge in [-0.3, -0.25) is 9.59 Å². The largest absolute Gasteiger partial charge is 0.481 e. The number of carbonyl (C=O) groups excluding carboxylic acids is 2. The van der Waals surface area contributed by atoms with Crippen LogP contribution in [-0.2, 0) is 14.3 Å². The molecule has 1 aliphatic rings. The second-order valence-corrected chi connectivity index (χ2v) is 8.25. The SMILES string of the molecule is CC[C@H](CC(=O)O)NC(=O)C(C)(C)NC(=O)OCC1c2ccccc2-c2ccccc21. The molecule has 0 aromatic heterocycles. The van der Waals surface area contributed by atoms with E-state index in [0.717, 1.165) is 22.3 Å². The van der Waals surface area contributed by atoms with Crippen molar-refractivity contribution in [3.63, 3.8) is 0 Å². The number of hydrogen-bond donors (Lipinski definition) is 3. The van der Waals surface area contributed by atoms with E-state index in [9.17, 15) is 14.4 Å². The van der Waals surface area contributed by atoms with Crippen LogP contribution in [0.15, 0.2) is 48.5 Å². The van der Waals surface area contributed by atoms with Gasteiger partial charge in [0, 0.05) is 12.0 Å². The zero-order valence-electron chi connectivity index (χ0n) is 18.0. The molecule has 0 radical (unpaired) electrons. The second kappa shape index (κ2) is 9.20. The third-order valence-corrected chi connectivity index (χ3v) is 5.57. The number of benzene rings is 2. The minimum absolute atomic E-state index is 0.0740. The summed E-state index contributed by atoms with van der Waals surface area (Å²) in [6.07, 6.45) is -0.407. The summed E-state index contributed by atoms with van der Waals surface area (Å²) < 4.78 is 5.50. The highest BCUT2D eigenvalue weighted by Crippen LogP contribution is 2.44. The first kappa shape index (κ1) is 22.3. The number of carboxylic acid groups (broad SMARTS) is 1. The Morgan fingerprint density at radius 3 is 2.10 bits per heavy atom. The lowest BCUT2D eigenvalue weighted by atomic mass is 9.98. The molecule has 1 atom stereocenters. The van der Waals surface area contributed by atoms with Gasteiger partial charge < -0.3 is 20.5 Å². The molecule has 0 fully saturated rings. The molecule has 0 unspecified atom stereocenters. The van der Waals surface area contributed by atoms with E-state index >= 15 is 0 Å². The molecular weight excluding hydrogens is 396 g/mol. The Hall–Kier alpha value is -3.35. The molecule has 7 heteroatoms. The topological polar surface area (TPSA) is 105 Å². The van der Waals surface area contributed by atoms with E-state index in [-0.39, 0.29) is 18.9 Å². The number of aliphatic carboxylic acids is 1. The van der Waals surface area contributed by atoms with E-state index in [0.29, 0.717) is 6.42 Å². The first-order chi connectivity index (χ1) is 14.7. The first-order valence-electron chi connectivity index (χ1n) is 10.4. The summed E-state index contributed by atoms with van der Waals surface area (Å²) in [4.78, 5) is 36.0. The summed E-state index contributed by atoms with van der Waals surface area (Å²) in [5, 5.41) is 14.2. The Morgan fingerprint density at radius 2 is 1.58 bits per heavy atom. The minimum Gasteiger partial charge on any atom is -0.481 e. The number of amides is 2. The summed E-state index contributed by atoms with van der Waals surface area (Å²) in [5.41, 5.74) is 3.22. The highest BCUT2D eigenvalue weighted by atomic mass is 16.5. The number of alkyl carbamates (subject to hydrolysis) is 1. The van der Waals surface area contributed by atoms with Crippen LogP contribution >= 0.6 is 0 Å². The fraction of sp³-hybridized carbons (Fsp3) is 0.375. The number of ether oxygens (including phenoxy) is 1. The molecule has 0 spiro atoms. The van der Waals surface area contributed by atoms with Gasteiger partial charge >= 0.3 is 12.1 Å². The van der Waals surface area contributed by atoms with Gasteiger partial charge in [0.15, 0.2) is 0 Å². The molecule has 2 aromatic carbocycles. The van der Waals surface area contributed by atoms with Crippen LogP contribution in [0.4, 0.5) is 4.79 Å². The standard InChI is InChI=1S/C24H28N2O5/c1-4-15(13-21(27)28)25-22(29)24(2,3)26-23(30)31-14-20-18-11-7-5-9-16(18)17-10-6-8-12-19(17)20/h5-12,15,20H,4,13-14H2,1-3H3,(H,25,29)(H,26,30)(H,27,28)/t15-/m1/s1. The van der Waals surface area contributed by atoms with E-state index in [4.69, 9.17) is 9.84 Å². The Balaban J connectivity index is 1.62.